The van der Waals surface area contributed by atoms with Crippen LogP contribution in [-0.2, 0) is 6.54 Å². The summed E-state index contributed by atoms with van der Waals surface area (Å²) in [5.74, 6) is 1.49. The number of methoxy groups -OCH3 is 2. The molecule has 2 heterocycles. The molecule has 122 valence electrons. The van der Waals surface area contributed by atoms with Crippen LogP contribution >= 0.6 is 0 Å². The standard InChI is InChI=1S/C20H20N2O2/c1-13-7-4-5-8-15(13)21-20-14-11-18(23-2)19(24-3)12-17(14)22-10-6-9-16(20)22/h4-9,11-12,21H,10H2,1-3H3. The zero-order chi connectivity index (χ0) is 16.7. The van der Waals surface area contributed by atoms with Gasteiger partial charge in [-0.2, -0.15) is 0 Å². The Morgan fingerprint density at radius 3 is 2.54 bits per heavy atom. The molecule has 2 aromatic carbocycles. The summed E-state index contributed by atoms with van der Waals surface area (Å²) < 4.78 is 13.3. The number of nitrogens with zero attached hydrogens (tertiary/aromatic N) is 1. The second-order valence-corrected chi connectivity index (χ2v) is 5.94. The molecule has 0 radical (unpaired) electrons. The van der Waals surface area contributed by atoms with Crippen molar-refractivity contribution in [2.75, 3.05) is 19.5 Å². The molecule has 1 aromatic heterocycles. The van der Waals surface area contributed by atoms with Gasteiger partial charge in [0.1, 0.15) is 0 Å². The van der Waals surface area contributed by atoms with Crippen LogP contribution in [-0.4, -0.2) is 18.8 Å². The van der Waals surface area contributed by atoms with Crippen molar-refractivity contribution < 1.29 is 9.47 Å². The first-order valence-corrected chi connectivity index (χ1v) is 8.00. The molecule has 4 nitrogen and oxygen atoms in total. The number of anilines is 2. The number of allylic oxidation sites excluding steroid dienone is 1. The molecule has 0 saturated heterocycles. The van der Waals surface area contributed by atoms with Crippen molar-refractivity contribution in [3.63, 3.8) is 0 Å². The predicted molar refractivity (Wildman–Crippen MR) is 98.5 cm³/mol. The molecule has 3 aromatic rings. The van der Waals surface area contributed by atoms with E-state index in [4.69, 9.17) is 9.47 Å². The first-order valence-electron chi connectivity index (χ1n) is 8.00. The van der Waals surface area contributed by atoms with Gasteiger partial charge in [0.25, 0.3) is 0 Å². The lowest BCUT2D eigenvalue weighted by Crippen LogP contribution is -1.95. The number of aromatic nitrogens is 1. The number of fused-ring (bicyclic) bond motifs is 3. The Morgan fingerprint density at radius 2 is 1.79 bits per heavy atom. The highest BCUT2D eigenvalue weighted by Gasteiger charge is 2.21. The van der Waals surface area contributed by atoms with Gasteiger partial charge < -0.3 is 19.4 Å². The van der Waals surface area contributed by atoms with E-state index in [1.54, 1.807) is 14.2 Å². The molecule has 4 heteroatoms. The third kappa shape index (κ3) is 2.14. The predicted octanol–water partition coefficient (Wildman–Crippen LogP) is 4.74. The van der Waals surface area contributed by atoms with Crippen molar-refractivity contribution in [3.8, 4) is 11.5 Å². The molecule has 0 saturated carbocycles. The molecule has 0 aliphatic carbocycles. The fourth-order valence-electron chi connectivity index (χ4n) is 3.31. The molecule has 1 aliphatic rings. The van der Waals surface area contributed by atoms with Crippen molar-refractivity contribution in [3.05, 3.63) is 53.7 Å². The summed E-state index contributed by atoms with van der Waals surface area (Å²) in [5, 5.41) is 4.75. The number of ether oxygens (including phenoxy) is 2. The fraction of sp³-hybridized carbons (Fsp3) is 0.200. The molecule has 0 bridgehead atoms. The maximum Gasteiger partial charge on any atom is 0.162 e. The molecule has 0 amide bonds. The minimum Gasteiger partial charge on any atom is -0.493 e. The third-order valence-electron chi connectivity index (χ3n) is 4.58. The zero-order valence-electron chi connectivity index (χ0n) is 14.1. The Labute approximate surface area is 141 Å². The van der Waals surface area contributed by atoms with Crippen molar-refractivity contribution >= 4 is 28.4 Å². The van der Waals surface area contributed by atoms with Gasteiger partial charge in [-0.3, -0.25) is 0 Å². The van der Waals surface area contributed by atoms with E-state index in [-0.39, 0.29) is 0 Å². The number of hydrogen-bond acceptors (Lipinski definition) is 3. The molecule has 0 spiro atoms. The van der Waals surface area contributed by atoms with Crippen LogP contribution in [0.2, 0.25) is 0 Å². The Kier molecular flexibility index (Phi) is 3.45. The molecule has 24 heavy (non-hydrogen) atoms. The summed E-state index contributed by atoms with van der Waals surface area (Å²) in [6, 6.07) is 12.4. The SMILES string of the molecule is COc1cc2c(Nc3ccccc3C)c3n(c2cc1OC)CC=C3. The van der Waals surface area contributed by atoms with Gasteiger partial charge in [-0.1, -0.05) is 24.3 Å². The lowest BCUT2D eigenvalue weighted by Gasteiger charge is -2.11. The number of aryl methyl sites for hydroxylation is 1. The van der Waals surface area contributed by atoms with Crippen LogP contribution in [0.5, 0.6) is 11.5 Å². The lowest BCUT2D eigenvalue weighted by atomic mass is 10.1. The number of hydrogen-bond donors (Lipinski definition) is 1. The highest BCUT2D eigenvalue weighted by atomic mass is 16.5. The van der Waals surface area contributed by atoms with Crippen LogP contribution in [0.15, 0.2) is 42.5 Å². The highest BCUT2D eigenvalue weighted by molar-refractivity contribution is 6.02. The minimum atomic E-state index is 0.742. The zero-order valence-corrected chi connectivity index (χ0v) is 14.1. The van der Waals surface area contributed by atoms with Gasteiger partial charge in [0.2, 0.25) is 0 Å². The molecule has 1 aliphatic heterocycles. The van der Waals surface area contributed by atoms with Gasteiger partial charge >= 0.3 is 0 Å². The van der Waals surface area contributed by atoms with E-state index in [0.717, 1.165) is 40.3 Å². The Hall–Kier alpha value is -2.88. The van der Waals surface area contributed by atoms with E-state index >= 15 is 0 Å². The second kappa shape index (κ2) is 5.64. The lowest BCUT2D eigenvalue weighted by molar-refractivity contribution is 0.355. The number of nitrogens with one attached hydrogen (secondary N) is 1. The summed E-state index contributed by atoms with van der Waals surface area (Å²) in [6.45, 7) is 2.98. The van der Waals surface area contributed by atoms with Crippen LogP contribution in [0, 0.1) is 6.92 Å². The summed E-state index contributed by atoms with van der Waals surface area (Å²) in [6.07, 6.45) is 4.34. The largest absolute Gasteiger partial charge is 0.493 e. The molecule has 1 N–H and O–H groups in total. The monoisotopic (exact) mass is 320 g/mol. The minimum absolute atomic E-state index is 0.742. The van der Waals surface area contributed by atoms with Crippen LogP contribution in [0.25, 0.3) is 17.0 Å². The summed E-state index contributed by atoms with van der Waals surface area (Å²) in [4.78, 5) is 0. The second-order valence-electron chi connectivity index (χ2n) is 5.94. The van der Waals surface area contributed by atoms with Crippen LogP contribution in [0.3, 0.4) is 0 Å². The molecular weight excluding hydrogens is 300 g/mol. The average molecular weight is 320 g/mol. The van der Waals surface area contributed by atoms with Gasteiger partial charge in [0.05, 0.1) is 31.1 Å². The van der Waals surface area contributed by atoms with E-state index < -0.39 is 0 Å². The van der Waals surface area contributed by atoms with E-state index in [2.05, 4.69) is 47.2 Å². The summed E-state index contributed by atoms with van der Waals surface area (Å²) in [7, 11) is 3.34. The van der Waals surface area contributed by atoms with Crippen molar-refractivity contribution in [2.24, 2.45) is 0 Å². The summed E-state index contributed by atoms with van der Waals surface area (Å²) >= 11 is 0. The maximum atomic E-state index is 5.49. The van der Waals surface area contributed by atoms with Gasteiger partial charge in [0.15, 0.2) is 11.5 Å². The smallest absolute Gasteiger partial charge is 0.162 e. The summed E-state index contributed by atoms with van der Waals surface area (Å²) in [5.41, 5.74) is 5.76. The fourth-order valence-corrected chi connectivity index (χ4v) is 3.31. The van der Waals surface area contributed by atoms with E-state index in [1.807, 2.05) is 18.2 Å². The Balaban J connectivity index is 1.94. The topological polar surface area (TPSA) is 35.4 Å². The van der Waals surface area contributed by atoms with Crippen molar-refractivity contribution in [2.45, 2.75) is 13.5 Å². The first kappa shape index (κ1) is 14.7. The van der Waals surface area contributed by atoms with Gasteiger partial charge in [-0.05, 0) is 30.7 Å². The third-order valence-corrected chi connectivity index (χ3v) is 4.58. The maximum absolute atomic E-state index is 5.49. The van der Waals surface area contributed by atoms with Crippen LogP contribution in [0.4, 0.5) is 11.4 Å². The Bertz CT molecular complexity index is 954. The molecular formula is C20H20N2O2. The van der Waals surface area contributed by atoms with Gasteiger partial charge in [-0.15, -0.1) is 0 Å². The number of rotatable bonds is 4. The quantitative estimate of drug-likeness (QED) is 0.754. The number of para-hydroxylation sites is 1. The van der Waals surface area contributed by atoms with Crippen molar-refractivity contribution in [1.82, 2.24) is 4.57 Å². The molecule has 0 unspecified atom stereocenters. The van der Waals surface area contributed by atoms with E-state index in [1.165, 1.54) is 11.3 Å². The van der Waals surface area contributed by atoms with Crippen LogP contribution < -0.4 is 14.8 Å². The normalized spacial score (nSPS) is 12.5. The first-order chi connectivity index (χ1) is 11.7. The highest BCUT2D eigenvalue weighted by Crippen LogP contribution is 2.42. The van der Waals surface area contributed by atoms with Gasteiger partial charge in [-0.25, -0.2) is 0 Å². The van der Waals surface area contributed by atoms with Crippen molar-refractivity contribution in [1.29, 1.82) is 0 Å². The molecule has 4 rings (SSSR count). The molecule has 0 atom stereocenters. The Morgan fingerprint density at radius 1 is 1.04 bits per heavy atom. The van der Waals surface area contributed by atoms with Crippen LogP contribution in [0.1, 0.15) is 11.3 Å². The number of benzene rings is 2. The van der Waals surface area contributed by atoms with E-state index in [9.17, 15) is 0 Å². The molecule has 0 fully saturated rings. The average Bonchev–Trinajstić information content (AvgIpc) is 3.18. The van der Waals surface area contributed by atoms with E-state index in [0.29, 0.717) is 0 Å². The van der Waals surface area contributed by atoms with Gasteiger partial charge in [0, 0.05) is 23.7 Å².